The van der Waals surface area contributed by atoms with Gasteiger partial charge < -0.3 is 0 Å². The smallest absolute Gasteiger partial charge is 0 e. The van der Waals surface area contributed by atoms with Crippen LogP contribution in [0.1, 0.15) is 0 Å². The molecule has 4 heavy (non-hydrogen) atoms. The summed E-state index contributed by atoms with van der Waals surface area (Å²) < 4.78 is 8.34. The standard InChI is InChI=1S/O.H3Si.Ti.Zr/h;1H3;;. The van der Waals surface area contributed by atoms with E-state index in [1.165, 1.54) is 0 Å². The maximum atomic E-state index is 8.34. The van der Waals surface area contributed by atoms with Gasteiger partial charge in [-0.15, -0.1) is 0 Å². The summed E-state index contributed by atoms with van der Waals surface area (Å²) in [7, 11) is 0. The van der Waals surface area contributed by atoms with E-state index in [1.54, 1.807) is 0 Å². The first-order valence-electron chi connectivity index (χ1n) is 0.204. The van der Waals surface area contributed by atoms with Crippen LogP contribution in [0.2, 0.25) is 0 Å². The number of hydrogen-bond donors (Lipinski definition) is 0. The van der Waals surface area contributed by atoms with Gasteiger partial charge >= 0.3 is 27.5 Å². The van der Waals surface area contributed by atoms with Crippen molar-refractivity contribution in [2.24, 2.45) is 0 Å². The molecule has 0 rings (SSSR count). The predicted octanol–water partition coefficient (Wildman–Crippen LogP) is -1.31. The summed E-state index contributed by atoms with van der Waals surface area (Å²) in [5.41, 5.74) is 0. The van der Waals surface area contributed by atoms with Crippen LogP contribution in [-0.2, 0) is 49.3 Å². The summed E-state index contributed by atoms with van der Waals surface area (Å²) in [5, 5.41) is 0. The van der Waals surface area contributed by atoms with Gasteiger partial charge in [-0.1, -0.05) is 0 Å². The van der Waals surface area contributed by atoms with Crippen LogP contribution in [0.4, 0.5) is 0 Å². The number of hydrogen-bond acceptors (Lipinski definition) is 1. The molecule has 4 heteroatoms. The van der Waals surface area contributed by atoms with Gasteiger partial charge in [0.25, 0.3) is 0 Å². The summed E-state index contributed by atoms with van der Waals surface area (Å²) in [4.78, 5) is 0. The molecular weight excluding hydrogens is 183 g/mol. The Kier molecular flexibility index (Phi) is 101. The Bertz CT molecular complexity index is 8.00. The van der Waals surface area contributed by atoms with E-state index >= 15 is 0 Å². The summed E-state index contributed by atoms with van der Waals surface area (Å²) in [5.74, 6) is 0. The second-order valence-electron chi connectivity index (χ2n) is 0. The summed E-state index contributed by atoms with van der Waals surface area (Å²) in [6.07, 6.45) is 0. The Morgan fingerprint density at radius 3 is 1.25 bits per heavy atom. The van der Waals surface area contributed by atoms with Crippen molar-refractivity contribution in [3.05, 3.63) is 0 Å². The zero-order chi connectivity index (χ0) is 2.00. The minimum Gasteiger partial charge on any atom is -0.0125 e. The molecule has 0 aliphatic heterocycles. The fraction of sp³-hybridized carbons (Fsp3) is 0. The maximum absolute atomic E-state index is 8.34. The zero-order valence-electron chi connectivity index (χ0n) is 2.41. The molecule has 0 aromatic rings. The SMILES string of the molecule is [O]=[Zr].[SiH3].[Ti]. The molecule has 0 atom stereocenters. The van der Waals surface area contributed by atoms with Gasteiger partial charge in [0.15, 0.2) is 0 Å². The van der Waals surface area contributed by atoms with Crippen LogP contribution in [0.5, 0.6) is 0 Å². The fourth-order valence-corrected chi connectivity index (χ4v) is 0. The molecule has 0 N–H and O–H groups in total. The van der Waals surface area contributed by atoms with E-state index in [0.717, 1.165) is 0 Å². The normalized spacial score (nSPS) is 0.750. The molecular formula is H3OSiTiZr. The third-order valence-corrected chi connectivity index (χ3v) is 0. The number of rotatable bonds is 0. The monoisotopic (exact) mass is 185 g/mol. The van der Waals surface area contributed by atoms with Crippen LogP contribution in [0.15, 0.2) is 0 Å². The molecule has 0 saturated heterocycles. The van der Waals surface area contributed by atoms with Gasteiger partial charge in [-0.25, -0.2) is 0 Å². The second kappa shape index (κ2) is 23.1. The topological polar surface area (TPSA) is 17.1 Å². The van der Waals surface area contributed by atoms with E-state index in [1.807, 2.05) is 0 Å². The third-order valence-electron chi connectivity index (χ3n) is 0. The minimum atomic E-state index is 0. The first-order chi connectivity index (χ1) is 1.00. The molecule has 0 fully saturated rings. The second-order valence-corrected chi connectivity index (χ2v) is 0. The van der Waals surface area contributed by atoms with Crippen molar-refractivity contribution >= 4 is 11.0 Å². The van der Waals surface area contributed by atoms with Crippen molar-refractivity contribution in [1.82, 2.24) is 0 Å². The molecule has 0 amide bonds. The minimum absolute atomic E-state index is 0. The maximum Gasteiger partial charge on any atom is 0 e. The molecule has 1 nitrogen and oxygen atoms in total. The van der Waals surface area contributed by atoms with Gasteiger partial charge in [-0.05, 0) is 11.0 Å². The van der Waals surface area contributed by atoms with E-state index < -0.39 is 0 Å². The largest absolute Gasteiger partial charge is 0.0125 e. The fourth-order valence-electron chi connectivity index (χ4n) is 0. The zero-order valence-corrected chi connectivity index (χ0v) is 8.43. The van der Waals surface area contributed by atoms with Gasteiger partial charge in [0.1, 0.15) is 0 Å². The average Bonchev–Trinajstić information content (AvgIpc) is 1.00. The molecule has 0 saturated carbocycles. The average molecular weight is 186 g/mol. The van der Waals surface area contributed by atoms with Crippen LogP contribution in [0.3, 0.4) is 0 Å². The van der Waals surface area contributed by atoms with E-state index in [2.05, 4.69) is 0 Å². The van der Waals surface area contributed by atoms with Gasteiger partial charge in [0, 0.05) is 21.7 Å². The Morgan fingerprint density at radius 1 is 1.25 bits per heavy atom. The van der Waals surface area contributed by atoms with Gasteiger partial charge in [-0.2, -0.15) is 0 Å². The molecule has 0 bridgehead atoms. The molecule has 0 spiro atoms. The molecule has 0 aliphatic carbocycles. The third kappa shape index (κ3) is 9.48. The molecule has 1 radical (unpaired) electrons. The van der Waals surface area contributed by atoms with Gasteiger partial charge in [0.2, 0.25) is 0 Å². The van der Waals surface area contributed by atoms with Crippen LogP contribution >= 0.6 is 0 Å². The van der Waals surface area contributed by atoms with Gasteiger partial charge in [-0.3, -0.25) is 0 Å². The van der Waals surface area contributed by atoms with Crippen molar-refractivity contribution in [3.63, 3.8) is 0 Å². The predicted molar refractivity (Wildman–Crippen MR) is 10.6 cm³/mol. The summed E-state index contributed by atoms with van der Waals surface area (Å²) in [6, 6.07) is 0. The van der Waals surface area contributed by atoms with Gasteiger partial charge in [0.05, 0.1) is 0 Å². The molecule has 0 heterocycles. The van der Waals surface area contributed by atoms with Crippen molar-refractivity contribution in [3.8, 4) is 0 Å². The van der Waals surface area contributed by atoms with E-state index in [0.29, 0.717) is 24.7 Å². The first-order valence-corrected chi connectivity index (χ1v) is 1.21. The molecule has 21 valence electrons. The van der Waals surface area contributed by atoms with Crippen LogP contribution in [0.25, 0.3) is 0 Å². The Labute approximate surface area is 59.7 Å². The van der Waals surface area contributed by atoms with E-state index in [9.17, 15) is 0 Å². The molecule has 0 aromatic carbocycles. The van der Waals surface area contributed by atoms with E-state index in [4.69, 9.17) is 2.81 Å². The van der Waals surface area contributed by atoms with Crippen molar-refractivity contribution < 1.29 is 49.3 Å². The van der Waals surface area contributed by atoms with Crippen LogP contribution in [0, 0.1) is 0 Å². The molecule has 0 aliphatic rings. The Morgan fingerprint density at radius 2 is 1.25 bits per heavy atom. The molecule has 0 aromatic heterocycles. The summed E-state index contributed by atoms with van der Waals surface area (Å²) in [6.45, 7) is 0. The van der Waals surface area contributed by atoms with E-state index in [-0.39, 0.29) is 32.7 Å². The Balaban J connectivity index is -0.00000000500. The first kappa shape index (κ1) is 17.5. The molecule has 0 unspecified atom stereocenters. The van der Waals surface area contributed by atoms with Crippen molar-refractivity contribution in [1.29, 1.82) is 0 Å². The quantitative estimate of drug-likeness (QED) is 0.429. The Hall–Kier alpha value is 1.61. The summed E-state index contributed by atoms with van der Waals surface area (Å²) >= 11 is 0.300. The van der Waals surface area contributed by atoms with Crippen molar-refractivity contribution in [2.75, 3.05) is 0 Å². The van der Waals surface area contributed by atoms with Crippen LogP contribution in [-0.4, -0.2) is 11.0 Å². The van der Waals surface area contributed by atoms with Crippen LogP contribution < -0.4 is 0 Å². The van der Waals surface area contributed by atoms with Crippen molar-refractivity contribution in [2.45, 2.75) is 0 Å².